The Bertz CT molecular complexity index is 1120. The molecular formula is C20H18ClN3O5S. The van der Waals surface area contributed by atoms with E-state index in [1.165, 1.54) is 12.1 Å². The first-order valence-corrected chi connectivity index (χ1v) is 11.3. The van der Waals surface area contributed by atoms with E-state index in [9.17, 15) is 22.8 Å². The lowest BCUT2D eigenvalue weighted by Gasteiger charge is -2.34. The number of nitrogens with zero attached hydrogens (tertiary/aromatic N) is 2. The third-order valence-electron chi connectivity index (χ3n) is 5.14. The van der Waals surface area contributed by atoms with Crippen molar-refractivity contribution >= 4 is 39.3 Å². The molecule has 3 amide bonds. The van der Waals surface area contributed by atoms with Crippen molar-refractivity contribution in [3.63, 3.8) is 0 Å². The molecule has 2 aromatic carbocycles. The molecule has 0 aliphatic carbocycles. The van der Waals surface area contributed by atoms with Crippen LogP contribution in [0.25, 0.3) is 0 Å². The maximum atomic E-state index is 13.1. The minimum Gasteiger partial charge on any atom is -0.353 e. The molecular weight excluding hydrogens is 430 g/mol. The molecule has 2 heterocycles. The normalized spacial score (nSPS) is 19.7. The first kappa shape index (κ1) is 20.5. The Kier molecular flexibility index (Phi) is 5.35. The topological polar surface area (TPSA) is 104 Å². The fourth-order valence-corrected chi connectivity index (χ4v) is 5.46. The number of rotatable bonds is 5. The van der Waals surface area contributed by atoms with Gasteiger partial charge in [0.05, 0.1) is 16.9 Å². The first-order chi connectivity index (χ1) is 14.3. The molecule has 8 nitrogen and oxygen atoms in total. The quantitative estimate of drug-likeness (QED) is 0.698. The number of hydrogen-bond acceptors (Lipinski definition) is 5. The summed E-state index contributed by atoms with van der Waals surface area (Å²) in [4.78, 5) is 38.4. The highest BCUT2D eigenvalue weighted by Crippen LogP contribution is 2.29. The second kappa shape index (κ2) is 7.82. The zero-order chi connectivity index (χ0) is 21.5. The smallest absolute Gasteiger partial charge is 0.261 e. The van der Waals surface area contributed by atoms with Crippen molar-refractivity contribution in [3.8, 4) is 0 Å². The lowest BCUT2D eigenvalue weighted by atomic mass is 10.0. The molecule has 10 heteroatoms. The Morgan fingerprint density at radius 3 is 2.30 bits per heavy atom. The molecule has 2 aliphatic heterocycles. The third-order valence-corrected chi connectivity index (χ3v) is 7.18. The Morgan fingerprint density at radius 2 is 1.67 bits per heavy atom. The maximum absolute atomic E-state index is 13.1. The van der Waals surface area contributed by atoms with E-state index in [1.807, 2.05) is 0 Å². The van der Waals surface area contributed by atoms with Gasteiger partial charge in [0.2, 0.25) is 15.9 Å². The summed E-state index contributed by atoms with van der Waals surface area (Å²) >= 11 is 6.02. The van der Waals surface area contributed by atoms with Crippen molar-refractivity contribution < 1.29 is 22.8 Å². The largest absolute Gasteiger partial charge is 0.353 e. The van der Waals surface area contributed by atoms with Crippen molar-refractivity contribution in [2.45, 2.75) is 6.04 Å². The number of hydrogen-bond donors (Lipinski definition) is 1. The molecule has 0 saturated carbocycles. The second-order valence-corrected chi connectivity index (χ2v) is 9.46. The molecule has 1 saturated heterocycles. The molecule has 1 unspecified atom stereocenters. The van der Waals surface area contributed by atoms with Gasteiger partial charge in [0, 0.05) is 24.7 Å². The van der Waals surface area contributed by atoms with E-state index in [0.717, 1.165) is 9.21 Å². The number of halogens is 1. The predicted octanol–water partition coefficient (Wildman–Crippen LogP) is 1.44. The van der Waals surface area contributed by atoms with Crippen molar-refractivity contribution in [1.82, 2.24) is 14.5 Å². The Balaban J connectivity index is 1.56. The van der Waals surface area contributed by atoms with Gasteiger partial charge in [-0.25, -0.2) is 8.42 Å². The molecule has 156 valence electrons. The van der Waals surface area contributed by atoms with Crippen LogP contribution in [0, 0.1) is 0 Å². The van der Waals surface area contributed by atoms with Gasteiger partial charge in [0.25, 0.3) is 11.8 Å². The molecule has 0 aromatic heterocycles. The number of amides is 3. The van der Waals surface area contributed by atoms with E-state index in [2.05, 4.69) is 5.32 Å². The highest BCUT2D eigenvalue weighted by atomic mass is 35.5. The van der Waals surface area contributed by atoms with Crippen LogP contribution in [0.4, 0.5) is 0 Å². The van der Waals surface area contributed by atoms with E-state index < -0.39 is 39.5 Å². The molecule has 1 atom stereocenters. The van der Waals surface area contributed by atoms with Crippen LogP contribution >= 0.6 is 11.6 Å². The van der Waals surface area contributed by atoms with Crippen molar-refractivity contribution in [1.29, 1.82) is 0 Å². The zero-order valence-corrected chi connectivity index (χ0v) is 17.3. The number of carbonyl (C=O) groups is 3. The lowest BCUT2D eigenvalue weighted by Crippen LogP contribution is -2.53. The van der Waals surface area contributed by atoms with Crippen molar-refractivity contribution in [3.05, 3.63) is 70.2 Å². The van der Waals surface area contributed by atoms with Crippen LogP contribution < -0.4 is 5.32 Å². The molecule has 2 aliphatic rings. The zero-order valence-electron chi connectivity index (χ0n) is 15.7. The molecule has 1 N–H and O–H groups in total. The highest BCUT2D eigenvalue weighted by Gasteiger charge is 2.41. The average molecular weight is 448 g/mol. The van der Waals surface area contributed by atoms with Crippen LogP contribution in [0.2, 0.25) is 5.02 Å². The molecule has 1 fully saturated rings. The number of sulfonamides is 1. The van der Waals surface area contributed by atoms with Gasteiger partial charge < -0.3 is 5.32 Å². The van der Waals surface area contributed by atoms with Gasteiger partial charge in [-0.15, -0.1) is 0 Å². The van der Waals surface area contributed by atoms with Crippen LogP contribution in [-0.2, 0) is 14.8 Å². The van der Waals surface area contributed by atoms with Crippen LogP contribution in [-0.4, -0.2) is 60.7 Å². The summed E-state index contributed by atoms with van der Waals surface area (Å²) in [5, 5.41) is 3.05. The molecule has 0 radical (unpaired) electrons. The summed E-state index contributed by atoms with van der Waals surface area (Å²) in [7, 11) is -3.96. The second-order valence-electron chi connectivity index (χ2n) is 6.98. The number of benzene rings is 2. The molecule has 0 bridgehead atoms. The Labute approximate surface area is 178 Å². The van der Waals surface area contributed by atoms with Gasteiger partial charge in [-0.05, 0) is 29.8 Å². The average Bonchev–Trinajstić information content (AvgIpc) is 2.97. The third kappa shape index (κ3) is 3.60. The van der Waals surface area contributed by atoms with Crippen LogP contribution in [0.1, 0.15) is 32.3 Å². The number of nitrogens with one attached hydrogen (secondary N) is 1. The summed E-state index contributed by atoms with van der Waals surface area (Å²) in [6, 6.07) is 11.7. The standard InChI is InChI=1S/C20H18ClN3O5S/c21-14-5-3-4-13(12-14)17-18(25)22-8-9-24(17)30(28,29)11-10-23-19(26)15-6-1-2-7-16(15)20(23)27/h1-7,12,17H,8-11H2,(H,22,25). The molecule has 4 rings (SSSR count). The summed E-state index contributed by atoms with van der Waals surface area (Å²) < 4.78 is 27.3. The Hall–Kier alpha value is -2.75. The summed E-state index contributed by atoms with van der Waals surface area (Å²) in [6.45, 7) is -0.0510. The van der Waals surface area contributed by atoms with Crippen molar-refractivity contribution in [2.24, 2.45) is 0 Å². The van der Waals surface area contributed by atoms with Gasteiger partial charge in [0.1, 0.15) is 6.04 Å². The highest BCUT2D eigenvalue weighted by molar-refractivity contribution is 7.89. The summed E-state index contributed by atoms with van der Waals surface area (Å²) in [5.41, 5.74) is 0.965. The van der Waals surface area contributed by atoms with Gasteiger partial charge in [0.15, 0.2) is 0 Å². The molecule has 0 spiro atoms. The minimum atomic E-state index is -3.96. The fourth-order valence-electron chi connectivity index (χ4n) is 3.71. The first-order valence-electron chi connectivity index (χ1n) is 9.27. The van der Waals surface area contributed by atoms with E-state index in [1.54, 1.807) is 36.4 Å². The maximum Gasteiger partial charge on any atom is 0.261 e. The van der Waals surface area contributed by atoms with Gasteiger partial charge >= 0.3 is 0 Å². The summed E-state index contributed by atoms with van der Waals surface area (Å²) in [5.74, 6) is -1.97. The van der Waals surface area contributed by atoms with Gasteiger partial charge in [-0.3, -0.25) is 19.3 Å². The number of piperazine rings is 1. The number of carbonyl (C=O) groups excluding carboxylic acids is 3. The van der Waals surface area contributed by atoms with Crippen LogP contribution in [0.5, 0.6) is 0 Å². The lowest BCUT2D eigenvalue weighted by molar-refractivity contribution is -0.126. The van der Waals surface area contributed by atoms with Crippen molar-refractivity contribution in [2.75, 3.05) is 25.4 Å². The molecule has 30 heavy (non-hydrogen) atoms. The number of imide groups is 1. The van der Waals surface area contributed by atoms with Crippen LogP contribution in [0.3, 0.4) is 0 Å². The minimum absolute atomic E-state index is 0.0768. The van der Waals surface area contributed by atoms with E-state index >= 15 is 0 Å². The fraction of sp³-hybridized carbons (Fsp3) is 0.250. The predicted molar refractivity (Wildman–Crippen MR) is 110 cm³/mol. The van der Waals surface area contributed by atoms with Gasteiger partial charge in [-0.2, -0.15) is 4.31 Å². The van der Waals surface area contributed by atoms with Gasteiger partial charge in [-0.1, -0.05) is 35.9 Å². The summed E-state index contributed by atoms with van der Waals surface area (Å²) in [6.07, 6.45) is 0. The van der Waals surface area contributed by atoms with E-state index in [4.69, 9.17) is 11.6 Å². The van der Waals surface area contributed by atoms with E-state index in [0.29, 0.717) is 10.6 Å². The SMILES string of the molecule is O=C1NCCN(S(=O)(=O)CCN2C(=O)c3ccccc3C2=O)C1c1cccc(Cl)c1. The Morgan fingerprint density at radius 1 is 1.00 bits per heavy atom. The molecule has 2 aromatic rings. The van der Waals surface area contributed by atoms with Crippen LogP contribution in [0.15, 0.2) is 48.5 Å². The number of fused-ring (bicyclic) bond motifs is 1. The van der Waals surface area contributed by atoms with E-state index in [-0.39, 0.29) is 30.8 Å². The monoisotopic (exact) mass is 447 g/mol.